The van der Waals surface area contributed by atoms with Gasteiger partial charge in [0, 0.05) is 18.7 Å². The van der Waals surface area contributed by atoms with Gasteiger partial charge in [-0.2, -0.15) is 4.80 Å². The van der Waals surface area contributed by atoms with E-state index in [0.29, 0.717) is 11.7 Å². The van der Waals surface area contributed by atoms with E-state index in [4.69, 9.17) is 0 Å². The lowest BCUT2D eigenvalue weighted by molar-refractivity contribution is -0.134. The van der Waals surface area contributed by atoms with Crippen LogP contribution in [0.5, 0.6) is 0 Å². The highest BCUT2D eigenvalue weighted by molar-refractivity contribution is 5.85. The van der Waals surface area contributed by atoms with Crippen molar-refractivity contribution in [2.75, 3.05) is 26.7 Å². The summed E-state index contributed by atoms with van der Waals surface area (Å²) < 4.78 is 0. The zero-order chi connectivity index (χ0) is 16.1. The lowest BCUT2D eigenvalue weighted by atomic mass is 9.98. The summed E-state index contributed by atoms with van der Waals surface area (Å²) >= 11 is 0. The number of tetrazole rings is 1. The van der Waals surface area contributed by atoms with Crippen molar-refractivity contribution in [1.29, 1.82) is 0 Å². The standard InChI is InChI=1S/C16H22N6O.ClH/c1-17-10-13-6-5-9-21(11-13)15(23)12-22-19-16(18-20-22)14-7-3-2-4-8-14;/h2-4,7-8,13,17H,5-6,9-12H2,1H3;1H. The Morgan fingerprint density at radius 3 is 2.88 bits per heavy atom. The van der Waals surface area contributed by atoms with Crippen LogP contribution in [0.2, 0.25) is 0 Å². The molecule has 1 saturated heterocycles. The Hall–Kier alpha value is -1.99. The van der Waals surface area contributed by atoms with Crippen LogP contribution in [0.15, 0.2) is 30.3 Å². The molecule has 1 aliphatic heterocycles. The number of likely N-dealkylation sites (tertiary alicyclic amines) is 1. The summed E-state index contributed by atoms with van der Waals surface area (Å²) in [6, 6.07) is 9.65. The van der Waals surface area contributed by atoms with Crippen LogP contribution in [0, 0.1) is 5.92 Å². The molecular weight excluding hydrogens is 328 g/mol. The molecule has 24 heavy (non-hydrogen) atoms. The van der Waals surface area contributed by atoms with Gasteiger partial charge in [-0.05, 0) is 37.6 Å². The summed E-state index contributed by atoms with van der Waals surface area (Å²) in [4.78, 5) is 15.7. The summed E-state index contributed by atoms with van der Waals surface area (Å²) in [5, 5.41) is 15.5. The first-order valence-electron chi connectivity index (χ1n) is 8.02. The first-order valence-corrected chi connectivity index (χ1v) is 8.02. The van der Waals surface area contributed by atoms with Crippen molar-refractivity contribution in [3.63, 3.8) is 0 Å². The van der Waals surface area contributed by atoms with Crippen LogP contribution >= 0.6 is 12.4 Å². The van der Waals surface area contributed by atoms with E-state index < -0.39 is 0 Å². The molecule has 1 aromatic heterocycles. The molecule has 3 rings (SSSR count). The van der Waals surface area contributed by atoms with Crippen molar-refractivity contribution in [1.82, 2.24) is 30.4 Å². The Bertz CT molecular complexity index is 645. The third-order valence-electron chi connectivity index (χ3n) is 4.13. The molecule has 1 aliphatic rings. The second kappa shape index (κ2) is 8.75. The number of halogens is 1. The van der Waals surface area contributed by atoms with Gasteiger partial charge in [-0.25, -0.2) is 0 Å². The van der Waals surface area contributed by atoms with Crippen molar-refractivity contribution >= 4 is 18.3 Å². The molecule has 0 radical (unpaired) electrons. The molecule has 0 spiro atoms. The summed E-state index contributed by atoms with van der Waals surface area (Å²) in [6.45, 7) is 2.72. The van der Waals surface area contributed by atoms with Gasteiger partial charge in [0.1, 0.15) is 6.54 Å². The normalized spacial score (nSPS) is 17.4. The number of nitrogens with zero attached hydrogens (tertiary/aromatic N) is 5. The molecule has 2 heterocycles. The fourth-order valence-corrected chi connectivity index (χ4v) is 2.98. The minimum absolute atomic E-state index is 0. The molecule has 1 fully saturated rings. The Morgan fingerprint density at radius 1 is 1.33 bits per heavy atom. The van der Waals surface area contributed by atoms with Gasteiger partial charge in [0.05, 0.1) is 0 Å². The van der Waals surface area contributed by atoms with Crippen LogP contribution in [0.3, 0.4) is 0 Å². The maximum atomic E-state index is 12.4. The van der Waals surface area contributed by atoms with Crippen LogP contribution in [0.4, 0.5) is 0 Å². The van der Waals surface area contributed by atoms with Gasteiger partial charge in [0.15, 0.2) is 0 Å². The molecule has 0 aliphatic carbocycles. The van der Waals surface area contributed by atoms with E-state index in [9.17, 15) is 4.79 Å². The van der Waals surface area contributed by atoms with Crippen LogP contribution in [0.25, 0.3) is 11.4 Å². The Kier molecular flexibility index (Phi) is 6.69. The molecule has 0 bridgehead atoms. The zero-order valence-corrected chi connectivity index (χ0v) is 14.6. The van der Waals surface area contributed by atoms with E-state index in [2.05, 4.69) is 20.7 Å². The molecule has 0 saturated carbocycles. The minimum Gasteiger partial charge on any atom is -0.341 e. The third-order valence-corrected chi connectivity index (χ3v) is 4.13. The second-order valence-corrected chi connectivity index (χ2v) is 5.92. The second-order valence-electron chi connectivity index (χ2n) is 5.92. The van der Waals surface area contributed by atoms with Crippen molar-refractivity contribution in [3.8, 4) is 11.4 Å². The van der Waals surface area contributed by atoms with Crippen molar-refractivity contribution in [2.24, 2.45) is 5.92 Å². The average molecular weight is 351 g/mol. The first-order chi connectivity index (χ1) is 11.3. The average Bonchev–Trinajstić information content (AvgIpc) is 3.05. The van der Waals surface area contributed by atoms with Crippen molar-refractivity contribution in [3.05, 3.63) is 30.3 Å². The van der Waals surface area contributed by atoms with Gasteiger partial charge in [0.2, 0.25) is 11.7 Å². The number of carbonyl (C=O) groups is 1. The molecular formula is C16H23ClN6O. The molecule has 1 atom stereocenters. The molecule has 7 nitrogen and oxygen atoms in total. The van der Waals surface area contributed by atoms with Gasteiger partial charge in [-0.15, -0.1) is 22.6 Å². The summed E-state index contributed by atoms with van der Waals surface area (Å²) in [5.41, 5.74) is 0.901. The lowest BCUT2D eigenvalue weighted by Gasteiger charge is -2.32. The van der Waals surface area contributed by atoms with E-state index in [1.165, 1.54) is 11.2 Å². The van der Waals surface area contributed by atoms with Gasteiger partial charge < -0.3 is 10.2 Å². The summed E-state index contributed by atoms with van der Waals surface area (Å²) in [6.07, 6.45) is 2.22. The summed E-state index contributed by atoms with van der Waals surface area (Å²) in [5.74, 6) is 1.13. The van der Waals surface area contributed by atoms with E-state index in [1.807, 2.05) is 42.3 Å². The molecule has 130 valence electrons. The first kappa shape index (κ1) is 18.4. The Labute approximate surface area is 147 Å². The quantitative estimate of drug-likeness (QED) is 0.877. The zero-order valence-electron chi connectivity index (χ0n) is 13.8. The molecule has 2 aromatic rings. The number of hydrogen-bond acceptors (Lipinski definition) is 5. The number of aromatic nitrogens is 4. The van der Waals surface area contributed by atoms with E-state index >= 15 is 0 Å². The number of piperidine rings is 1. The van der Waals surface area contributed by atoms with Crippen LogP contribution in [-0.4, -0.2) is 57.7 Å². The molecule has 1 aromatic carbocycles. The highest BCUT2D eigenvalue weighted by Crippen LogP contribution is 2.16. The predicted octanol–water partition coefficient (Wildman–Crippen LogP) is 1.22. The van der Waals surface area contributed by atoms with E-state index in [0.717, 1.165) is 31.6 Å². The topological polar surface area (TPSA) is 75.9 Å². The van der Waals surface area contributed by atoms with E-state index in [-0.39, 0.29) is 24.9 Å². The molecule has 8 heteroatoms. The fourth-order valence-electron chi connectivity index (χ4n) is 2.98. The number of rotatable bonds is 5. The SMILES string of the molecule is CNCC1CCCN(C(=O)Cn2nnc(-c3ccccc3)n2)C1.Cl. The predicted molar refractivity (Wildman–Crippen MR) is 93.7 cm³/mol. The van der Waals surface area contributed by atoms with Crippen LogP contribution < -0.4 is 5.32 Å². The van der Waals surface area contributed by atoms with Crippen LogP contribution in [-0.2, 0) is 11.3 Å². The van der Waals surface area contributed by atoms with Gasteiger partial charge in [0.25, 0.3) is 0 Å². The van der Waals surface area contributed by atoms with Gasteiger partial charge >= 0.3 is 0 Å². The minimum atomic E-state index is 0. The highest BCUT2D eigenvalue weighted by Gasteiger charge is 2.23. The van der Waals surface area contributed by atoms with E-state index in [1.54, 1.807) is 0 Å². The summed E-state index contributed by atoms with van der Waals surface area (Å²) in [7, 11) is 1.95. The number of benzene rings is 1. The number of nitrogens with one attached hydrogen (secondary N) is 1. The largest absolute Gasteiger partial charge is 0.341 e. The maximum Gasteiger partial charge on any atom is 0.246 e. The number of hydrogen-bond donors (Lipinski definition) is 1. The number of amides is 1. The Balaban J connectivity index is 0.00000208. The molecule has 1 N–H and O–H groups in total. The van der Waals surface area contributed by atoms with Crippen LogP contribution in [0.1, 0.15) is 12.8 Å². The maximum absolute atomic E-state index is 12.4. The monoisotopic (exact) mass is 350 g/mol. The van der Waals surface area contributed by atoms with Crippen molar-refractivity contribution in [2.45, 2.75) is 19.4 Å². The molecule has 1 unspecified atom stereocenters. The Morgan fingerprint density at radius 2 is 2.12 bits per heavy atom. The highest BCUT2D eigenvalue weighted by atomic mass is 35.5. The fraction of sp³-hybridized carbons (Fsp3) is 0.500. The van der Waals surface area contributed by atoms with Gasteiger partial charge in [-0.1, -0.05) is 30.3 Å². The smallest absolute Gasteiger partial charge is 0.246 e. The molecule has 1 amide bonds. The van der Waals surface area contributed by atoms with Crippen molar-refractivity contribution < 1.29 is 4.79 Å². The number of carbonyl (C=O) groups excluding carboxylic acids is 1. The van der Waals surface area contributed by atoms with Gasteiger partial charge in [-0.3, -0.25) is 4.79 Å². The third kappa shape index (κ3) is 4.52. The lowest BCUT2D eigenvalue weighted by Crippen LogP contribution is -2.44.